The minimum atomic E-state index is 0.0988. The quantitative estimate of drug-likeness (QED) is 0.879. The number of hydrogen-bond acceptors (Lipinski definition) is 2. The Morgan fingerprint density at radius 2 is 2.00 bits per heavy atom. The molecule has 2 saturated heterocycles. The monoisotopic (exact) mass is 352 g/mol. The maximum atomic E-state index is 12.8. The molecule has 1 aliphatic carbocycles. The zero-order chi connectivity index (χ0) is 16.0. The van der Waals surface area contributed by atoms with Crippen LogP contribution in [0.1, 0.15) is 37.2 Å². The van der Waals surface area contributed by atoms with Gasteiger partial charge in [-0.05, 0) is 55.2 Å². The molecule has 5 heteroatoms. The number of halogens is 2. The Bertz CT molecular complexity index is 617. The summed E-state index contributed by atoms with van der Waals surface area (Å²) in [6, 6.07) is 5.72. The third-order valence-electron chi connectivity index (χ3n) is 5.96. The number of hydrogen-bond donors (Lipinski definition) is 1. The van der Waals surface area contributed by atoms with Crippen LogP contribution in [0.15, 0.2) is 18.2 Å². The van der Waals surface area contributed by atoms with Gasteiger partial charge in [-0.3, -0.25) is 4.79 Å². The van der Waals surface area contributed by atoms with Crippen molar-refractivity contribution in [3.8, 4) is 0 Å². The average Bonchev–Trinajstić information content (AvgIpc) is 3.23. The van der Waals surface area contributed by atoms with E-state index in [1.807, 2.05) is 12.1 Å². The Morgan fingerprint density at radius 3 is 2.70 bits per heavy atom. The van der Waals surface area contributed by atoms with Gasteiger partial charge in [-0.2, -0.15) is 0 Å². The van der Waals surface area contributed by atoms with Gasteiger partial charge < -0.3 is 10.2 Å². The number of likely N-dealkylation sites (tertiary alicyclic amines) is 1. The summed E-state index contributed by atoms with van der Waals surface area (Å²) in [5.41, 5.74) is 1.49. The van der Waals surface area contributed by atoms with Gasteiger partial charge >= 0.3 is 0 Å². The van der Waals surface area contributed by atoms with Crippen molar-refractivity contribution in [1.82, 2.24) is 10.2 Å². The van der Waals surface area contributed by atoms with Crippen LogP contribution in [-0.4, -0.2) is 37.0 Å². The molecule has 1 aromatic carbocycles. The molecule has 2 unspecified atom stereocenters. The van der Waals surface area contributed by atoms with Crippen LogP contribution in [0.4, 0.5) is 0 Å². The number of nitrogens with one attached hydrogen (secondary N) is 1. The third-order valence-corrected chi connectivity index (χ3v) is 6.79. The highest BCUT2D eigenvalue weighted by atomic mass is 35.5. The van der Waals surface area contributed by atoms with E-state index in [4.69, 9.17) is 23.2 Å². The Morgan fingerprint density at radius 1 is 1.22 bits per heavy atom. The van der Waals surface area contributed by atoms with E-state index in [0.717, 1.165) is 51.0 Å². The number of piperidine rings is 1. The van der Waals surface area contributed by atoms with E-state index in [2.05, 4.69) is 10.2 Å². The second-order valence-electron chi connectivity index (χ2n) is 7.34. The van der Waals surface area contributed by atoms with Gasteiger partial charge in [0.2, 0.25) is 5.91 Å². The predicted octanol–water partition coefficient (Wildman–Crippen LogP) is 3.70. The summed E-state index contributed by atoms with van der Waals surface area (Å²) in [7, 11) is 0. The maximum absolute atomic E-state index is 12.8. The molecule has 2 aliphatic heterocycles. The summed E-state index contributed by atoms with van der Waals surface area (Å²) in [4.78, 5) is 14.9. The predicted molar refractivity (Wildman–Crippen MR) is 93.0 cm³/mol. The number of rotatable bonds is 2. The summed E-state index contributed by atoms with van der Waals surface area (Å²) >= 11 is 12.4. The first kappa shape index (κ1) is 15.7. The normalized spacial score (nSPS) is 29.0. The number of benzene rings is 1. The van der Waals surface area contributed by atoms with E-state index in [1.165, 1.54) is 6.42 Å². The average molecular weight is 353 g/mol. The fraction of sp³-hybridized carbons (Fsp3) is 0.611. The summed E-state index contributed by atoms with van der Waals surface area (Å²) in [5.74, 6) is 0.659. The minimum Gasteiger partial charge on any atom is -0.342 e. The molecule has 23 heavy (non-hydrogen) atoms. The first-order valence-corrected chi connectivity index (χ1v) is 9.29. The van der Waals surface area contributed by atoms with Gasteiger partial charge in [-0.15, -0.1) is 0 Å². The lowest BCUT2D eigenvalue weighted by molar-refractivity contribution is -0.134. The molecule has 3 fully saturated rings. The van der Waals surface area contributed by atoms with E-state index in [9.17, 15) is 4.79 Å². The lowest BCUT2D eigenvalue weighted by atomic mass is 9.78. The molecule has 1 spiro atoms. The van der Waals surface area contributed by atoms with Crippen molar-refractivity contribution in [2.75, 3.05) is 26.2 Å². The van der Waals surface area contributed by atoms with Gasteiger partial charge in [0.15, 0.2) is 0 Å². The Hall–Kier alpha value is -0.770. The second kappa shape index (κ2) is 5.94. The fourth-order valence-electron chi connectivity index (χ4n) is 4.28. The third kappa shape index (κ3) is 2.88. The summed E-state index contributed by atoms with van der Waals surface area (Å²) < 4.78 is 0. The molecule has 0 bridgehead atoms. The highest BCUT2D eigenvalue weighted by molar-refractivity contribution is 6.42. The van der Waals surface area contributed by atoms with E-state index < -0.39 is 0 Å². The van der Waals surface area contributed by atoms with Crippen LogP contribution in [0.3, 0.4) is 0 Å². The lowest BCUT2D eigenvalue weighted by Gasteiger charge is -2.39. The molecule has 3 aliphatic rings. The standard InChI is InChI=1S/C18H22Cl2N2O/c19-15-3-1-2-12(16(15)20)13-10-14(13)17(23)22-8-5-18(6-9-22)4-7-21-11-18/h1-3,13-14,21H,4-11H2. The van der Waals surface area contributed by atoms with Crippen molar-refractivity contribution in [3.63, 3.8) is 0 Å². The molecular formula is C18H22Cl2N2O. The van der Waals surface area contributed by atoms with Crippen molar-refractivity contribution in [1.29, 1.82) is 0 Å². The van der Waals surface area contributed by atoms with Crippen LogP contribution < -0.4 is 5.32 Å². The van der Waals surface area contributed by atoms with E-state index in [0.29, 0.717) is 21.4 Å². The first-order valence-electron chi connectivity index (χ1n) is 8.53. The van der Waals surface area contributed by atoms with Crippen molar-refractivity contribution in [2.45, 2.75) is 31.6 Å². The first-order chi connectivity index (χ1) is 11.1. The minimum absolute atomic E-state index is 0.0988. The van der Waals surface area contributed by atoms with Crippen LogP contribution in [0.2, 0.25) is 10.0 Å². The summed E-state index contributed by atoms with van der Waals surface area (Å²) in [5, 5.41) is 4.67. The van der Waals surface area contributed by atoms with Crippen LogP contribution in [-0.2, 0) is 4.79 Å². The number of carbonyl (C=O) groups excluding carboxylic acids is 1. The second-order valence-corrected chi connectivity index (χ2v) is 8.13. The zero-order valence-corrected chi connectivity index (χ0v) is 14.7. The van der Waals surface area contributed by atoms with Crippen molar-refractivity contribution in [3.05, 3.63) is 33.8 Å². The number of amides is 1. The van der Waals surface area contributed by atoms with Crippen LogP contribution in [0, 0.1) is 11.3 Å². The highest BCUT2D eigenvalue weighted by Crippen LogP contribution is 2.52. The Labute approximate surface area is 147 Å². The molecule has 1 amide bonds. The van der Waals surface area contributed by atoms with Gasteiger partial charge in [0.05, 0.1) is 10.0 Å². The summed E-state index contributed by atoms with van der Waals surface area (Å²) in [6.07, 6.45) is 4.45. The number of nitrogens with zero attached hydrogens (tertiary/aromatic N) is 1. The zero-order valence-electron chi connectivity index (χ0n) is 13.2. The SMILES string of the molecule is O=C(C1CC1c1cccc(Cl)c1Cl)N1CCC2(CCNC2)CC1. The van der Waals surface area contributed by atoms with Crippen molar-refractivity contribution >= 4 is 29.1 Å². The molecular weight excluding hydrogens is 331 g/mol. The van der Waals surface area contributed by atoms with Crippen LogP contribution in [0.5, 0.6) is 0 Å². The van der Waals surface area contributed by atoms with E-state index in [1.54, 1.807) is 6.07 Å². The van der Waals surface area contributed by atoms with E-state index >= 15 is 0 Å². The number of carbonyl (C=O) groups is 1. The highest BCUT2D eigenvalue weighted by Gasteiger charge is 2.48. The molecule has 1 aromatic rings. The molecule has 1 N–H and O–H groups in total. The van der Waals surface area contributed by atoms with Gasteiger partial charge in [0.25, 0.3) is 0 Å². The van der Waals surface area contributed by atoms with Gasteiger partial charge in [-0.1, -0.05) is 35.3 Å². The molecule has 2 atom stereocenters. The van der Waals surface area contributed by atoms with Crippen molar-refractivity contribution in [2.24, 2.45) is 11.3 Å². The Kier molecular flexibility index (Phi) is 4.07. The maximum Gasteiger partial charge on any atom is 0.226 e. The van der Waals surface area contributed by atoms with Gasteiger partial charge in [0.1, 0.15) is 0 Å². The Balaban J connectivity index is 1.39. The molecule has 1 saturated carbocycles. The van der Waals surface area contributed by atoms with E-state index in [-0.39, 0.29) is 11.8 Å². The molecule has 0 aromatic heterocycles. The molecule has 124 valence electrons. The largest absolute Gasteiger partial charge is 0.342 e. The molecule has 2 heterocycles. The smallest absolute Gasteiger partial charge is 0.226 e. The fourth-order valence-corrected chi connectivity index (χ4v) is 4.72. The molecule has 0 radical (unpaired) electrons. The van der Waals surface area contributed by atoms with Gasteiger partial charge in [-0.25, -0.2) is 0 Å². The lowest BCUT2D eigenvalue weighted by Crippen LogP contribution is -2.44. The summed E-state index contributed by atoms with van der Waals surface area (Å²) in [6.45, 7) is 4.07. The van der Waals surface area contributed by atoms with Crippen molar-refractivity contribution < 1.29 is 4.79 Å². The van der Waals surface area contributed by atoms with Crippen LogP contribution in [0.25, 0.3) is 0 Å². The van der Waals surface area contributed by atoms with Crippen LogP contribution >= 0.6 is 23.2 Å². The molecule has 3 nitrogen and oxygen atoms in total. The topological polar surface area (TPSA) is 32.3 Å². The molecule has 4 rings (SSSR count). The van der Waals surface area contributed by atoms with Gasteiger partial charge in [0, 0.05) is 25.6 Å².